The van der Waals surface area contributed by atoms with Crippen LogP contribution in [0, 0.1) is 5.92 Å². The Bertz CT molecular complexity index is 399. The molecule has 0 N–H and O–H groups in total. The van der Waals surface area contributed by atoms with E-state index in [0.29, 0.717) is 6.42 Å². The lowest BCUT2D eigenvalue weighted by atomic mass is 9.78. The molecule has 2 aliphatic carbocycles. The Morgan fingerprint density at radius 2 is 2.27 bits per heavy atom. The number of hydrogen-bond acceptors (Lipinski definition) is 2. The van der Waals surface area contributed by atoms with E-state index >= 15 is 0 Å². The maximum Gasteiger partial charge on any atom is 0.303 e. The third-order valence-corrected chi connectivity index (χ3v) is 2.88. The highest BCUT2D eigenvalue weighted by molar-refractivity contribution is 5.67. The number of carbonyl (C=O) groups excluding carboxylic acids is 1. The van der Waals surface area contributed by atoms with E-state index in [1.54, 1.807) is 0 Å². The molecule has 0 saturated heterocycles. The average Bonchev–Trinajstić information content (AvgIpc) is 2.61. The molecule has 0 aromatic rings. The summed E-state index contributed by atoms with van der Waals surface area (Å²) >= 11 is 0. The topological polar surface area (TPSA) is 26.3 Å². The van der Waals surface area contributed by atoms with E-state index in [-0.39, 0.29) is 18.0 Å². The lowest BCUT2D eigenvalue weighted by Gasteiger charge is -2.31. The van der Waals surface area contributed by atoms with E-state index in [2.05, 4.69) is 25.3 Å². The van der Waals surface area contributed by atoms with Crippen molar-refractivity contribution >= 4 is 5.97 Å². The molecule has 2 heteroatoms. The lowest BCUT2D eigenvalue weighted by Crippen LogP contribution is -2.28. The van der Waals surface area contributed by atoms with Crippen molar-refractivity contribution in [3.05, 3.63) is 48.1 Å². The maximum atomic E-state index is 10.9. The minimum absolute atomic E-state index is 0.190. The fourth-order valence-corrected chi connectivity index (χ4v) is 2.13. The summed E-state index contributed by atoms with van der Waals surface area (Å²) in [5, 5.41) is 0. The van der Waals surface area contributed by atoms with E-state index in [1.165, 1.54) is 12.5 Å². The standard InChI is InChI=1S/C13H14O2/c1-8-7-13(15-10(3)14)9(2)12-6-4-5-11(8)12/h4-6,12-13H,1-2,7H2,3H3. The van der Waals surface area contributed by atoms with Crippen LogP contribution in [-0.2, 0) is 9.53 Å². The molecule has 1 fully saturated rings. The first-order valence-electron chi connectivity index (χ1n) is 5.02. The van der Waals surface area contributed by atoms with Gasteiger partial charge >= 0.3 is 5.97 Å². The molecular formula is C13H14O2. The van der Waals surface area contributed by atoms with Gasteiger partial charge in [-0.05, 0) is 16.7 Å². The first kappa shape index (κ1) is 9.97. The number of rotatable bonds is 1. The van der Waals surface area contributed by atoms with E-state index < -0.39 is 0 Å². The van der Waals surface area contributed by atoms with Gasteiger partial charge in [-0.25, -0.2) is 0 Å². The number of carbonyl (C=O) groups is 1. The quantitative estimate of drug-likeness (QED) is 0.482. The molecule has 2 aliphatic rings. The Balaban J connectivity index is 2.22. The predicted octanol–water partition coefficient (Wildman–Crippen LogP) is 2.55. The van der Waals surface area contributed by atoms with Crippen LogP contribution in [0.5, 0.6) is 0 Å². The molecule has 0 aromatic heterocycles. The fraction of sp³-hybridized carbons (Fsp3) is 0.308. The fourth-order valence-electron chi connectivity index (χ4n) is 2.13. The minimum atomic E-state index is -0.261. The van der Waals surface area contributed by atoms with Crippen molar-refractivity contribution < 1.29 is 9.53 Å². The zero-order chi connectivity index (χ0) is 11.0. The maximum absolute atomic E-state index is 10.9. The number of ether oxygens (including phenoxy) is 1. The molecule has 2 atom stereocenters. The summed E-state index contributed by atoms with van der Waals surface area (Å²) in [6, 6.07) is 0. The Morgan fingerprint density at radius 3 is 2.93 bits per heavy atom. The number of fused-ring (bicyclic) bond motifs is 1. The molecule has 2 unspecified atom stereocenters. The van der Waals surface area contributed by atoms with Crippen LogP contribution >= 0.6 is 0 Å². The second kappa shape index (κ2) is 3.54. The molecule has 0 heterocycles. The van der Waals surface area contributed by atoms with Crippen LogP contribution in [0.1, 0.15) is 13.3 Å². The smallest absolute Gasteiger partial charge is 0.303 e. The van der Waals surface area contributed by atoms with Gasteiger partial charge in [-0.15, -0.1) is 0 Å². The van der Waals surface area contributed by atoms with E-state index in [4.69, 9.17) is 4.74 Å². The Kier molecular flexibility index (Phi) is 2.35. The highest BCUT2D eigenvalue weighted by atomic mass is 16.5. The first-order valence-corrected chi connectivity index (χ1v) is 5.02. The molecule has 0 aliphatic heterocycles. The van der Waals surface area contributed by atoms with Gasteiger partial charge in [0.25, 0.3) is 0 Å². The SMILES string of the molecule is C=C1CC(OC(C)=O)C(=C)C2C=CC=C12. The zero-order valence-corrected chi connectivity index (χ0v) is 8.82. The number of esters is 1. The molecule has 0 aromatic carbocycles. The molecule has 2 rings (SSSR count). The summed E-state index contributed by atoms with van der Waals surface area (Å²) in [5.41, 5.74) is 3.21. The molecule has 0 spiro atoms. The van der Waals surface area contributed by atoms with Gasteiger partial charge in [-0.1, -0.05) is 31.4 Å². The van der Waals surface area contributed by atoms with Gasteiger partial charge in [0.2, 0.25) is 0 Å². The van der Waals surface area contributed by atoms with Crippen LogP contribution in [0.25, 0.3) is 0 Å². The largest absolute Gasteiger partial charge is 0.458 e. The average molecular weight is 202 g/mol. The van der Waals surface area contributed by atoms with Crippen molar-refractivity contribution in [3.63, 3.8) is 0 Å². The van der Waals surface area contributed by atoms with Crippen molar-refractivity contribution in [1.82, 2.24) is 0 Å². The molecule has 0 bridgehead atoms. The van der Waals surface area contributed by atoms with Gasteiger partial charge in [0, 0.05) is 19.3 Å². The summed E-state index contributed by atoms with van der Waals surface area (Å²) < 4.78 is 5.22. The minimum Gasteiger partial charge on any atom is -0.458 e. The second-order valence-corrected chi connectivity index (χ2v) is 3.97. The zero-order valence-electron chi connectivity index (χ0n) is 8.82. The van der Waals surface area contributed by atoms with Crippen molar-refractivity contribution in [1.29, 1.82) is 0 Å². The van der Waals surface area contributed by atoms with Crippen LogP contribution in [0.15, 0.2) is 48.1 Å². The van der Waals surface area contributed by atoms with Gasteiger partial charge in [0.15, 0.2) is 0 Å². The summed E-state index contributed by atoms with van der Waals surface area (Å²) in [7, 11) is 0. The van der Waals surface area contributed by atoms with Crippen LogP contribution in [0.3, 0.4) is 0 Å². The summed E-state index contributed by atoms with van der Waals surface area (Å²) in [4.78, 5) is 10.9. The summed E-state index contributed by atoms with van der Waals surface area (Å²) in [5.74, 6) is -0.0704. The van der Waals surface area contributed by atoms with Crippen molar-refractivity contribution in [2.75, 3.05) is 0 Å². The number of allylic oxidation sites excluding steroid dienone is 4. The molecule has 2 nitrogen and oxygen atoms in total. The van der Waals surface area contributed by atoms with Gasteiger partial charge in [-0.3, -0.25) is 4.79 Å². The summed E-state index contributed by atoms with van der Waals surface area (Å²) in [6.07, 6.45) is 6.59. The highest BCUT2D eigenvalue weighted by Gasteiger charge is 2.33. The van der Waals surface area contributed by atoms with Gasteiger partial charge in [-0.2, -0.15) is 0 Å². The molecule has 1 saturated carbocycles. The molecule has 78 valence electrons. The van der Waals surface area contributed by atoms with Gasteiger partial charge in [0.05, 0.1) is 0 Å². The van der Waals surface area contributed by atoms with Gasteiger partial charge in [0.1, 0.15) is 6.10 Å². The Morgan fingerprint density at radius 1 is 1.53 bits per heavy atom. The Labute approximate surface area is 89.6 Å². The Hall–Kier alpha value is -1.57. The van der Waals surface area contributed by atoms with Crippen LogP contribution in [0.2, 0.25) is 0 Å². The molecule has 0 radical (unpaired) electrons. The van der Waals surface area contributed by atoms with E-state index in [1.807, 2.05) is 6.08 Å². The third-order valence-electron chi connectivity index (χ3n) is 2.88. The summed E-state index contributed by atoms with van der Waals surface area (Å²) in [6.45, 7) is 9.45. The highest BCUT2D eigenvalue weighted by Crippen LogP contribution is 2.40. The second-order valence-electron chi connectivity index (χ2n) is 3.97. The third kappa shape index (κ3) is 1.67. The van der Waals surface area contributed by atoms with Crippen LogP contribution < -0.4 is 0 Å². The first-order chi connectivity index (χ1) is 7.09. The van der Waals surface area contributed by atoms with Crippen molar-refractivity contribution in [3.8, 4) is 0 Å². The van der Waals surface area contributed by atoms with Gasteiger partial charge < -0.3 is 4.74 Å². The molecular weight excluding hydrogens is 188 g/mol. The molecule has 15 heavy (non-hydrogen) atoms. The van der Waals surface area contributed by atoms with Crippen LogP contribution in [-0.4, -0.2) is 12.1 Å². The predicted molar refractivity (Wildman–Crippen MR) is 59.2 cm³/mol. The van der Waals surface area contributed by atoms with Crippen molar-refractivity contribution in [2.24, 2.45) is 5.92 Å². The molecule has 0 amide bonds. The van der Waals surface area contributed by atoms with E-state index in [0.717, 1.165) is 11.1 Å². The number of hydrogen-bond donors (Lipinski definition) is 0. The normalized spacial score (nSPS) is 28.7. The van der Waals surface area contributed by atoms with Crippen LogP contribution in [0.4, 0.5) is 0 Å². The monoisotopic (exact) mass is 202 g/mol. The van der Waals surface area contributed by atoms with E-state index in [9.17, 15) is 4.79 Å². The van der Waals surface area contributed by atoms with Crippen molar-refractivity contribution in [2.45, 2.75) is 19.4 Å². The lowest BCUT2D eigenvalue weighted by molar-refractivity contribution is -0.144.